The summed E-state index contributed by atoms with van der Waals surface area (Å²) in [6, 6.07) is 14.8. The maximum absolute atomic E-state index is 11.1. The zero-order valence-electron chi connectivity index (χ0n) is 12.6. The second-order valence-electron chi connectivity index (χ2n) is 5.95. The molecule has 108 valence electrons. The van der Waals surface area contributed by atoms with Crippen molar-refractivity contribution in [3.8, 4) is 11.1 Å². The van der Waals surface area contributed by atoms with Crippen molar-refractivity contribution in [1.29, 1.82) is 0 Å². The maximum atomic E-state index is 11.1. The Kier molecular flexibility index (Phi) is 4.19. The molecule has 0 heterocycles. The van der Waals surface area contributed by atoms with E-state index < -0.39 is 0 Å². The lowest BCUT2D eigenvalue weighted by Gasteiger charge is -2.13. The summed E-state index contributed by atoms with van der Waals surface area (Å²) in [5, 5.41) is 0. The van der Waals surface area contributed by atoms with Crippen LogP contribution in [-0.2, 0) is 0 Å². The second-order valence-corrected chi connectivity index (χ2v) is 5.95. The van der Waals surface area contributed by atoms with Gasteiger partial charge < -0.3 is 0 Å². The van der Waals surface area contributed by atoms with Gasteiger partial charge in [0.15, 0.2) is 0 Å². The summed E-state index contributed by atoms with van der Waals surface area (Å²) in [5.74, 6) is 0.466. The highest BCUT2D eigenvalue weighted by Crippen LogP contribution is 2.47. The fourth-order valence-electron chi connectivity index (χ4n) is 3.49. The fourth-order valence-corrected chi connectivity index (χ4v) is 3.49. The summed E-state index contributed by atoms with van der Waals surface area (Å²) in [6.45, 7) is 2.25. The van der Waals surface area contributed by atoms with Gasteiger partial charge in [0.2, 0.25) is 0 Å². The smallest absolute Gasteiger partial charge is 0.150 e. The molecule has 0 aromatic heterocycles. The number of rotatable bonds is 6. The lowest BCUT2D eigenvalue weighted by atomic mass is 9.90. The van der Waals surface area contributed by atoms with Gasteiger partial charge in [-0.1, -0.05) is 69.0 Å². The molecule has 0 fully saturated rings. The van der Waals surface area contributed by atoms with Crippen LogP contribution < -0.4 is 0 Å². The van der Waals surface area contributed by atoms with Crippen LogP contribution in [0.5, 0.6) is 0 Å². The number of carbonyl (C=O) groups excluding carboxylic acids is 1. The summed E-state index contributed by atoms with van der Waals surface area (Å²) in [4.78, 5) is 11.1. The van der Waals surface area contributed by atoms with E-state index in [4.69, 9.17) is 0 Å². The van der Waals surface area contributed by atoms with Gasteiger partial charge in [-0.15, -0.1) is 0 Å². The van der Waals surface area contributed by atoms with Crippen LogP contribution in [-0.4, -0.2) is 6.29 Å². The average Bonchev–Trinajstić information content (AvgIpc) is 2.85. The van der Waals surface area contributed by atoms with Crippen molar-refractivity contribution in [1.82, 2.24) is 0 Å². The van der Waals surface area contributed by atoms with Gasteiger partial charge in [-0.2, -0.15) is 0 Å². The van der Waals surface area contributed by atoms with Crippen molar-refractivity contribution in [2.24, 2.45) is 0 Å². The highest BCUT2D eigenvalue weighted by atomic mass is 16.1. The van der Waals surface area contributed by atoms with Gasteiger partial charge in [-0.05, 0) is 34.7 Å². The number of aldehydes is 1. The van der Waals surface area contributed by atoms with Gasteiger partial charge in [0, 0.05) is 11.5 Å². The number of benzene rings is 2. The first-order valence-electron chi connectivity index (χ1n) is 8.03. The SMILES string of the molecule is CCCCCCC1c2ccccc2-c2ccc(C=O)cc21. The van der Waals surface area contributed by atoms with E-state index in [1.807, 2.05) is 6.07 Å². The fraction of sp³-hybridized carbons (Fsp3) is 0.350. The Balaban J connectivity index is 1.93. The van der Waals surface area contributed by atoms with E-state index in [9.17, 15) is 4.79 Å². The molecule has 0 radical (unpaired) electrons. The van der Waals surface area contributed by atoms with Crippen molar-refractivity contribution in [3.63, 3.8) is 0 Å². The Morgan fingerprint density at radius 2 is 1.76 bits per heavy atom. The summed E-state index contributed by atoms with van der Waals surface area (Å²) in [6.07, 6.45) is 7.29. The summed E-state index contributed by atoms with van der Waals surface area (Å²) >= 11 is 0. The monoisotopic (exact) mass is 278 g/mol. The van der Waals surface area contributed by atoms with E-state index >= 15 is 0 Å². The number of carbonyl (C=O) groups is 1. The second kappa shape index (κ2) is 6.26. The molecule has 0 saturated heterocycles. The zero-order valence-corrected chi connectivity index (χ0v) is 12.6. The first-order valence-corrected chi connectivity index (χ1v) is 8.03. The third kappa shape index (κ3) is 2.65. The molecular weight excluding hydrogens is 256 g/mol. The summed E-state index contributed by atoms with van der Waals surface area (Å²) < 4.78 is 0. The normalized spacial score (nSPS) is 15.6. The van der Waals surface area contributed by atoms with Crippen LogP contribution in [0.1, 0.15) is 66.4 Å². The third-order valence-electron chi connectivity index (χ3n) is 4.56. The van der Waals surface area contributed by atoms with E-state index in [2.05, 4.69) is 43.3 Å². The molecular formula is C20H22O. The van der Waals surface area contributed by atoms with Crippen molar-refractivity contribution >= 4 is 6.29 Å². The molecule has 1 aliphatic rings. The molecule has 2 aromatic rings. The van der Waals surface area contributed by atoms with Gasteiger partial charge in [0.25, 0.3) is 0 Å². The molecule has 3 rings (SSSR count). The Labute approximate surface area is 127 Å². The van der Waals surface area contributed by atoms with Gasteiger partial charge in [-0.3, -0.25) is 4.79 Å². The van der Waals surface area contributed by atoms with E-state index in [0.717, 1.165) is 11.8 Å². The molecule has 0 amide bonds. The first-order chi connectivity index (χ1) is 10.3. The van der Waals surface area contributed by atoms with E-state index in [0.29, 0.717) is 5.92 Å². The number of unbranched alkanes of at least 4 members (excludes halogenated alkanes) is 3. The Morgan fingerprint density at radius 3 is 2.57 bits per heavy atom. The van der Waals surface area contributed by atoms with E-state index in [-0.39, 0.29) is 0 Å². The molecule has 0 saturated carbocycles. The van der Waals surface area contributed by atoms with Crippen molar-refractivity contribution in [2.75, 3.05) is 0 Å². The van der Waals surface area contributed by atoms with Crippen molar-refractivity contribution in [3.05, 3.63) is 59.2 Å². The quantitative estimate of drug-likeness (QED) is 0.498. The summed E-state index contributed by atoms with van der Waals surface area (Å²) in [7, 11) is 0. The standard InChI is InChI=1S/C20H22O/c1-2-3-4-5-8-18-16-9-6-7-10-17(16)19-12-11-15(14-21)13-20(18)19/h6-7,9-14,18H,2-5,8H2,1H3. The molecule has 1 nitrogen and oxygen atoms in total. The van der Waals surface area contributed by atoms with Crippen LogP contribution in [0.2, 0.25) is 0 Å². The van der Waals surface area contributed by atoms with E-state index in [1.54, 1.807) is 0 Å². The maximum Gasteiger partial charge on any atom is 0.150 e. The number of hydrogen-bond acceptors (Lipinski definition) is 1. The minimum atomic E-state index is 0.466. The Morgan fingerprint density at radius 1 is 0.952 bits per heavy atom. The van der Waals surface area contributed by atoms with Gasteiger partial charge in [-0.25, -0.2) is 0 Å². The van der Waals surface area contributed by atoms with E-state index in [1.165, 1.54) is 54.4 Å². The van der Waals surface area contributed by atoms with Gasteiger partial charge in [0.05, 0.1) is 0 Å². The van der Waals surface area contributed by atoms with Gasteiger partial charge >= 0.3 is 0 Å². The van der Waals surface area contributed by atoms with Crippen molar-refractivity contribution < 1.29 is 4.79 Å². The molecule has 0 aliphatic heterocycles. The molecule has 1 atom stereocenters. The lowest BCUT2D eigenvalue weighted by Crippen LogP contribution is -1.97. The van der Waals surface area contributed by atoms with Crippen LogP contribution >= 0.6 is 0 Å². The predicted molar refractivity (Wildman–Crippen MR) is 87.9 cm³/mol. The van der Waals surface area contributed by atoms with Crippen LogP contribution in [0, 0.1) is 0 Å². The van der Waals surface area contributed by atoms with Crippen molar-refractivity contribution in [2.45, 2.75) is 44.9 Å². The molecule has 0 N–H and O–H groups in total. The minimum absolute atomic E-state index is 0.466. The Hall–Kier alpha value is -1.89. The topological polar surface area (TPSA) is 17.1 Å². The van der Waals surface area contributed by atoms with Crippen LogP contribution in [0.4, 0.5) is 0 Å². The zero-order chi connectivity index (χ0) is 14.7. The molecule has 1 heteroatoms. The number of fused-ring (bicyclic) bond motifs is 3. The molecule has 1 aliphatic carbocycles. The highest BCUT2D eigenvalue weighted by Gasteiger charge is 2.27. The first kappa shape index (κ1) is 14.1. The molecule has 2 aromatic carbocycles. The number of hydrogen-bond donors (Lipinski definition) is 0. The average molecular weight is 278 g/mol. The largest absolute Gasteiger partial charge is 0.298 e. The van der Waals surface area contributed by atoms with Crippen LogP contribution in [0.3, 0.4) is 0 Å². The molecule has 0 bridgehead atoms. The van der Waals surface area contributed by atoms with Gasteiger partial charge in [0.1, 0.15) is 6.29 Å². The molecule has 1 unspecified atom stereocenters. The molecule has 0 spiro atoms. The van der Waals surface area contributed by atoms with Crippen LogP contribution in [0.25, 0.3) is 11.1 Å². The van der Waals surface area contributed by atoms with Crippen LogP contribution in [0.15, 0.2) is 42.5 Å². The molecule has 21 heavy (non-hydrogen) atoms. The summed E-state index contributed by atoms with van der Waals surface area (Å²) in [5.41, 5.74) is 6.24. The Bertz CT molecular complexity index is 642. The minimum Gasteiger partial charge on any atom is -0.298 e. The highest BCUT2D eigenvalue weighted by molar-refractivity contribution is 5.83. The predicted octanol–water partition coefficient (Wildman–Crippen LogP) is 5.58. The lowest BCUT2D eigenvalue weighted by molar-refractivity contribution is 0.112. The third-order valence-corrected chi connectivity index (χ3v) is 4.56.